The third kappa shape index (κ3) is 5.10. The van der Waals surface area contributed by atoms with Gasteiger partial charge in [-0.05, 0) is 43.4 Å². The van der Waals surface area contributed by atoms with Gasteiger partial charge in [-0.2, -0.15) is 0 Å². The predicted octanol–water partition coefficient (Wildman–Crippen LogP) is 3.87. The fraction of sp³-hybridized carbons (Fsp3) is 0.350. The molecule has 0 spiro atoms. The Kier molecular flexibility index (Phi) is 6.82. The van der Waals surface area contributed by atoms with Gasteiger partial charge in [-0.3, -0.25) is 0 Å². The largest absolute Gasteiger partial charge is 0.396 e. The van der Waals surface area contributed by atoms with Crippen molar-refractivity contribution in [1.82, 2.24) is 10.6 Å². The molecule has 0 fully saturated rings. The van der Waals surface area contributed by atoms with Crippen LogP contribution < -0.4 is 10.6 Å². The summed E-state index contributed by atoms with van der Waals surface area (Å²) >= 11 is 0. The van der Waals surface area contributed by atoms with Crippen LogP contribution in [0.4, 0.5) is 4.79 Å². The average molecular weight is 326 g/mol. The van der Waals surface area contributed by atoms with E-state index >= 15 is 0 Å². The van der Waals surface area contributed by atoms with Crippen LogP contribution in [-0.4, -0.2) is 17.7 Å². The number of urea groups is 1. The lowest BCUT2D eigenvalue weighted by Crippen LogP contribution is -2.39. The summed E-state index contributed by atoms with van der Waals surface area (Å²) in [5.74, 6) is 0. The highest BCUT2D eigenvalue weighted by Crippen LogP contribution is 2.19. The van der Waals surface area contributed by atoms with Crippen LogP contribution in [0, 0.1) is 6.92 Å². The Labute approximate surface area is 143 Å². The average Bonchev–Trinajstić information content (AvgIpc) is 2.59. The summed E-state index contributed by atoms with van der Waals surface area (Å²) in [6.45, 7) is 4.14. The molecule has 0 radical (unpaired) electrons. The Bertz CT molecular complexity index is 643. The fourth-order valence-corrected chi connectivity index (χ4v) is 2.85. The van der Waals surface area contributed by atoms with Gasteiger partial charge in [-0.15, -0.1) is 0 Å². The van der Waals surface area contributed by atoms with Crippen LogP contribution in [0.25, 0.3) is 0 Å². The van der Waals surface area contributed by atoms with Crippen LogP contribution in [0.5, 0.6) is 0 Å². The number of nitrogens with one attached hydrogen (secondary N) is 2. The van der Waals surface area contributed by atoms with Gasteiger partial charge >= 0.3 is 6.03 Å². The van der Waals surface area contributed by atoms with Gasteiger partial charge in [-0.25, -0.2) is 4.79 Å². The van der Waals surface area contributed by atoms with Crippen molar-refractivity contribution in [2.24, 2.45) is 0 Å². The minimum absolute atomic E-state index is 0.0690. The van der Waals surface area contributed by atoms with Gasteiger partial charge in [0.05, 0.1) is 12.1 Å². The number of hydrogen-bond donors (Lipinski definition) is 3. The molecule has 2 aromatic carbocycles. The molecule has 0 aliphatic carbocycles. The molecular formula is C20H26N2O2. The van der Waals surface area contributed by atoms with E-state index in [4.69, 9.17) is 5.11 Å². The van der Waals surface area contributed by atoms with Crippen molar-refractivity contribution in [2.75, 3.05) is 6.61 Å². The summed E-state index contributed by atoms with van der Waals surface area (Å²) in [5.41, 5.74) is 3.31. The molecule has 0 aliphatic rings. The second-order valence-electron chi connectivity index (χ2n) is 6.03. The second-order valence-corrected chi connectivity index (χ2v) is 6.03. The quantitative estimate of drug-likeness (QED) is 0.723. The van der Waals surface area contributed by atoms with E-state index < -0.39 is 0 Å². The topological polar surface area (TPSA) is 61.4 Å². The molecule has 0 heterocycles. The zero-order valence-corrected chi connectivity index (χ0v) is 14.3. The van der Waals surface area contributed by atoms with Crippen molar-refractivity contribution in [1.29, 1.82) is 0 Å². The van der Waals surface area contributed by atoms with Crippen molar-refractivity contribution in [3.63, 3.8) is 0 Å². The molecule has 0 saturated heterocycles. The molecule has 4 nitrogen and oxygen atoms in total. The van der Waals surface area contributed by atoms with E-state index in [0.717, 1.165) is 16.7 Å². The zero-order chi connectivity index (χ0) is 17.4. The van der Waals surface area contributed by atoms with Gasteiger partial charge in [0.2, 0.25) is 0 Å². The first-order valence-corrected chi connectivity index (χ1v) is 8.40. The number of aliphatic hydroxyl groups excluding tert-OH is 1. The second kappa shape index (κ2) is 9.08. The van der Waals surface area contributed by atoms with E-state index in [1.165, 1.54) is 0 Å². The number of carbonyl (C=O) groups excluding carboxylic acids is 1. The lowest BCUT2D eigenvalue weighted by molar-refractivity contribution is 0.230. The first-order valence-electron chi connectivity index (χ1n) is 8.40. The van der Waals surface area contributed by atoms with Gasteiger partial charge in [0.25, 0.3) is 0 Å². The van der Waals surface area contributed by atoms with Crippen molar-refractivity contribution in [3.8, 4) is 0 Å². The zero-order valence-electron chi connectivity index (χ0n) is 14.3. The molecule has 2 unspecified atom stereocenters. The maximum absolute atomic E-state index is 12.4. The highest BCUT2D eigenvalue weighted by atomic mass is 16.3. The first-order chi connectivity index (χ1) is 11.6. The smallest absolute Gasteiger partial charge is 0.315 e. The molecule has 0 aromatic heterocycles. The highest BCUT2D eigenvalue weighted by Gasteiger charge is 2.16. The van der Waals surface area contributed by atoms with E-state index in [1.807, 2.05) is 68.4 Å². The molecule has 24 heavy (non-hydrogen) atoms. The summed E-state index contributed by atoms with van der Waals surface area (Å²) in [4.78, 5) is 12.4. The van der Waals surface area contributed by atoms with E-state index in [9.17, 15) is 4.79 Å². The van der Waals surface area contributed by atoms with Crippen molar-refractivity contribution >= 4 is 6.03 Å². The predicted molar refractivity (Wildman–Crippen MR) is 96.8 cm³/mol. The number of aliphatic hydroxyl groups is 1. The van der Waals surface area contributed by atoms with Gasteiger partial charge in [-0.1, -0.05) is 54.6 Å². The van der Waals surface area contributed by atoms with Gasteiger partial charge in [0.1, 0.15) is 0 Å². The molecule has 3 N–H and O–H groups in total. The van der Waals surface area contributed by atoms with E-state index in [-0.39, 0.29) is 24.7 Å². The SMILES string of the molecule is Cc1ccccc1C(C)NC(=O)NC(CCCO)c1ccccc1. The Hall–Kier alpha value is -2.33. The third-order valence-corrected chi connectivity index (χ3v) is 4.16. The Morgan fingerprint density at radius 3 is 2.38 bits per heavy atom. The van der Waals surface area contributed by atoms with Crippen molar-refractivity contribution in [2.45, 2.75) is 38.8 Å². The lowest BCUT2D eigenvalue weighted by atomic mass is 10.0. The Morgan fingerprint density at radius 1 is 1.04 bits per heavy atom. The number of aryl methyl sites for hydroxylation is 1. The molecule has 2 amide bonds. The molecule has 2 rings (SSSR count). The minimum atomic E-state index is -0.197. The third-order valence-electron chi connectivity index (χ3n) is 4.16. The van der Waals surface area contributed by atoms with Gasteiger partial charge < -0.3 is 15.7 Å². The molecule has 2 aromatic rings. The summed E-state index contributed by atoms with van der Waals surface area (Å²) in [5, 5.41) is 15.1. The summed E-state index contributed by atoms with van der Waals surface area (Å²) in [6, 6.07) is 17.5. The van der Waals surface area contributed by atoms with Crippen LogP contribution in [-0.2, 0) is 0 Å². The number of benzene rings is 2. The van der Waals surface area contributed by atoms with Gasteiger partial charge in [0, 0.05) is 6.61 Å². The van der Waals surface area contributed by atoms with E-state index in [0.29, 0.717) is 12.8 Å². The van der Waals surface area contributed by atoms with Crippen LogP contribution in [0.15, 0.2) is 54.6 Å². The van der Waals surface area contributed by atoms with Crippen LogP contribution in [0.1, 0.15) is 48.5 Å². The number of carbonyl (C=O) groups is 1. The Morgan fingerprint density at radius 2 is 1.71 bits per heavy atom. The minimum Gasteiger partial charge on any atom is -0.396 e. The molecular weight excluding hydrogens is 300 g/mol. The molecule has 128 valence electrons. The monoisotopic (exact) mass is 326 g/mol. The van der Waals surface area contributed by atoms with Crippen molar-refractivity contribution < 1.29 is 9.90 Å². The molecule has 4 heteroatoms. The van der Waals surface area contributed by atoms with Crippen LogP contribution in [0.3, 0.4) is 0 Å². The summed E-state index contributed by atoms with van der Waals surface area (Å²) in [6.07, 6.45) is 1.35. The summed E-state index contributed by atoms with van der Waals surface area (Å²) in [7, 11) is 0. The molecule has 0 saturated carbocycles. The van der Waals surface area contributed by atoms with E-state index in [1.54, 1.807) is 0 Å². The highest BCUT2D eigenvalue weighted by molar-refractivity contribution is 5.75. The normalized spacial score (nSPS) is 13.1. The van der Waals surface area contributed by atoms with Crippen molar-refractivity contribution in [3.05, 3.63) is 71.3 Å². The number of hydrogen-bond acceptors (Lipinski definition) is 2. The maximum atomic E-state index is 12.4. The first kappa shape index (κ1) is 18.0. The molecule has 2 atom stereocenters. The molecule has 0 bridgehead atoms. The van der Waals surface area contributed by atoms with E-state index in [2.05, 4.69) is 10.6 Å². The summed E-state index contributed by atoms with van der Waals surface area (Å²) < 4.78 is 0. The van der Waals surface area contributed by atoms with Gasteiger partial charge in [0.15, 0.2) is 0 Å². The van der Waals surface area contributed by atoms with Crippen LogP contribution in [0.2, 0.25) is 0 Å². The lowest BCUT2D eigenvalue weighted by Gasteiger charge is -2.22. The number of rotatable bonds is 7. The van der Waals surface area contributed by atoms with Crippen LogP contribution >= 0.6 is 0 Å². The molecule has 0 aliphatic heterocycles. The number of amides is 2. The maximum Gasteiger partial charge on any atom is 0.315 e. The fourth-order valence-electron chi connectivity index (χ4n) is 2.85. The standard InChI is InChI=1S/C20H26N2O2/c1-15-9-6-7-12-18(15)16(2)21-20(24)22-19(13-8-14-23)17-10-4-3-5-11-17/h3-7,9-12,16,19,23H,8,13-14H2,1-2H3,(H2,21,22,24). The Balaban J connectivity index is 2.01.